The maximum atomic E-state index is 11.4. The molecule has 2 aliphatic rings. The fraction of sp³-hybridized carbons (Fsp3) is 0.444. The monoisotopic (exact) mass is 181 g/mol. The van der Waals surface area contributed by atoms with Crippen LogP contribution in [0.25, 0.3) is 0 Å². The van der Waals surface area contributed by atoms with Gasteiger partial charge < -0.3 is 5.32 Å². The van der Waals surface area contributed by atoms with Gasteiger partial charge >= 0.3 is 0 Å². The molecule has 1 aliphatic carbocycles. The topological polar surface area (TPSA) is 29.1 Å². The summed E-state index contributed by atoms with van der Waals surface area (Å²) in [6.07, 6.45) is 7.02. The fourth-order valence-corrected chi connectivity index (χ4v) is 2.48. The molecule has 1 unspecified atom stereocenters. The first kappa shape index (κ1) is 7.92. The maximum Gasteiger partial charge on any atom is 0.228 e. The number of thioether (sulfide) groups is 1. The molecule has 0 radical (unpaired) electrons. The number of carbonyl (C=O) groups is 1. The van der Waals surface area contributed by atoms with Crippen molar-refractivity contribution < 1.29 is 4.79 Å². The van der Waals surface area contributed by atoms with E-state index in [0.717, 1.165) is 18.7 Å². The Morgan fingerprint density at radius 3 is 3.42 bits per heavy atom. The van der Waals surface area contributed by atoms with E-state index in [0.29, 0.717) is 0 Å². The normalized spacial score (nSPS) is 28.5. The number of carbonyl (C=O) groups excluding carboxylic acids is 1. The average molecular weight is 181 g/mol. The van der Waals surface area contributed by atoms with Gasteiger partial charge in [0.15, 0.2) is 0 Å². The molecule has 64 valence electrons. The zero-order valence-corrected chi connectivity index (χ0v) is 7.56. The van der Waals surface area contributed by atoms with Crippen LogP contribution < -0.4 is 5.32 Å². The second kappa shape index (κ2) is 3.35. The van der Waals surface area contributed by atoms with Gasteiger partial charge in [0.05, 0.1) is 5.92 Å². The second-order valence-corrected chi connectivity index (χ2v) is 4.09. The second-order valence-electron chi connectivity index (χ2n) is 2.92. The molecule has 1 heterocycles. The molecule has 0 aromatic carbocycles. The van der Waals surface area contributed by atoms with Crippen molar-refractivity contribution in [1.82, 2.24) is 5.32 Å². The third-order valence-corrected chi connectivity index (χ3v) is 3.26. The molecule has 3 heteroatoms. The van der Waals surface area contributed by atoms with E-state index in [2.05, 4.69) is 17.5 Å². The van der Waals surface area contributed by atoms with Gasteiger partial charge in [-0.25, -0.2) is 0 Å². The van der Waals surface area contributed by atoms with Gasteiger partial charge in [-0.3, -0.25) is 4.79 Å². The first-order chi connectivity index (χ1) is 5.88. The number of amides is 1. The highest BCUT2D eigenvalue weighted by Gasteiger charge is 2.25. The molecule has 0 aromatic heterocycles. The summed E-state index contributed by atoms with van der Waals surface area (Å²) in [5.41, 5.74) is 0. The summed E-state index contributed by atoms with van der Waals surface area (Å²) in [6.45, 7) is 0.803. The highest BCUT2D eigenvalue weighted by Crippen LogP contribution is 2.31. The molecule has 0 spiro atoms. The van der Waals surface area contributed by atoms with Gasteiger partial charge in [-0.2, -0.15) is 0 Å². The highest BCUT2D eigenvalue weighted by atomic mass is 32.2. The lowest BCUT2D eigenvalue weighted by Gasteiger charge is -2.15. The Morgan fingerprint density at radius 1 is 1.58 bits per heavy atom. The summed E-state index contributed by atoms with van der Waals surface area (Å²) in [4.78, 5) is 12.7. The molecule has 0 saturated carbocycles. The first-order valence-corrected chi connectivity index (χ1v) is 5.14. The van der Waals surface area contributed by atoms with Crippen molar-refractivity contribution in [3.8, 4) is 0 Å². The molecule has 1 aliphatic heterocycles. The smallest absolute Gasteiger partial charge is 0.228 e. The largest absolute Gasteiger partial charge is 0.355 e. The minimum atomic E-state index is 0.0995. The molecule has 1 saturated heterocycles. The Kier molecular flexibility index (Phi) is 2.21. The van der Waals surface area contributed by atoms with Crippen molar-refractivity contribution >= 4 is 17.7 Å². The van der Waals surface area contributed by atoms with Crippen molar-refractivity contribution in [3.05, 3.63) is 23.1 Å². The number of fused-ring (bicyclic) bond motifs is 1. The summed E-state index contributed by atoms with van der Waals surface area (Å²) >= 11 is 1.80. The molecule has 2 rings (SSSR count). The molecular weight excluding hydrogens is 170 g/mol. The minimum absolute atomic E-state index is 0.0995. The van der Waals surface area contributed by atoms with Crippen LogP contribution in [0.3, 0.4) is 0 Å². The quantitative estimate of drug-likeness (QED) is 0.610. The number of nitrogens with one attached hydrogen (secondary N) is 1. The standard InChI is InChI=1S/C9H11NOS/c11-9-7-3-1-2-4-8(7)12-6-5-10-9/h1-2,4,7H,3,5-6H2,(H,10,11). The summed E-state index contributed by atoms with van der Waals surface area (Å²) in [7, 11) is 0. The van der Waals surface area contributed by atoms with E-state index in [4.69, 9.17) is 0 Å². The van der Waals surface area contributed by atoms with Crippen molar-refractivity contribution in [3.63, 3.8) is 0 Å². The van der Waals surface area contributed by atoms with Gasteiger partial charge in [-0.05, 0) is 11.3 Å². The lowest BCUT2D eigenvalue weighted by atomic mass is 10.00. The van der Waals surface area contributed by atoms with E-state index in [-0.39, 0.29) is 11.8 Å². The number of hydrogen-bond acceptors (Lipinski definition) is 2. The lowest BCUT2D eigenvalue weighted by Crippen LogP contribution is -2.30. The Hall–Kier alpha value is -0.700. The molecule has 0 aromatic rings. The molecular formula is C9H11NOS. The van der Waals surface area contributed by atoms with Crippen molar-refractivity contribution in [2.45, 2.75) is 6.42 Å². The molecule has 1 amide bonds. The van der Waals surface area contributed by atoms with Crippen molar-refractivity contribution in [2.75, 3.05) is 12.3 Å². The maximum absolute atomic E-state index is 11.4. The van der Waals surface area contributed by atoms with Crippen LogP contribution in [0.2, 0.25) is 0 Å². The zero-order valence-electron chi connectivity index (χ0n) is 6.75. The lowest BCUT2D eigenvalue weighted by molar-refractivity contribution is -0.123. The van der Waals surface area contributed by atoms with Crippen molar-refractivity contribution in [1.29, 1.82) is 0 Å². The zero-order chi connectivity index (χ0) is 8.39. The van der Waals surface area contributed by atoms with Gasteiger partial charge in [-0.15, -0.1) is 11.8 Å². The first-order valence-electron chi connectivity index (χ1n) is 4.15. The number of allylic oxidation sites excluding steroid dienone is 3. The van der Waals surface area contributed by atoms with E-state index < -0.39 is 0 Å². The van der Waals surface area contributed by atoms with Crippen molar-refractivity contribution in [2.24, 2.45) is 5.92 Å². The summed E-state index contributed by atoms with van der Waals surface area (Å²) in [5.74, 6) is 1.29. The van der Waals surface area contributed by atoms with E-state index in [9.17, 15) is 4.79 Å². The Bertz CT molecular complexity index is 257. The van der Waals surface area contributed by atoms with Gasteiger partial charge in [0, 0.05) is 12.3 Å². The molecule has 1 N–H and O–H groups in total. The van der Waals surface area contributed by atoms with Gasteiger partial charge in [0.2, 0.25) is 5.91 Å². The summed E-state index contributed by atoms with van der Waals surface area (Å²) in [5, 5.41) is 2.91. The Balaban J connectivity index is 2.23. The number of rotatable bonds is 0. The van der Waals surface area contributed by atoms with Crippen LogP contribution in [0.4, 0.5) is 0 Å². The van der Waals surface area contributed by atoms with E-state index in [1.54, 1.807) is 11.8 Å². The minimum Gasteiger partial charge on any atom is -0.355 e. The Morgan fingerprint density at radius 2 is 2.50 bits per heavy atom. The van der Waals surface area contributed by atoms with Crippen LogP contribution in [-0.2, 0) is 4.79 Å². The van der Waals surface area contributed by atoms with Crippen LogP contribution in [-0.4, -0.2) is 18.2 Å². The molecule has 12 heavy (non-hydrogen) atoms. The van der Waals surface area contributed by atoms with Gasteiger partial charge in [-0.1, -0.05) is 18.2 Å². The molecule has 1 fully saturated rings. The Labute approximate surface area is 76.1 Å². The highest BCUT2D eigenvalue weighted by molar-refractivity contribution is 8.03. The predicted molar refractivity (Wildman–Crippen MR) is 50.8 cm³/mol. The molecule has 0 bridgehead atoms. The third kappa shape index (κ3) is 1.41. The summed E-state index contributed by atoms with van der Waals surface area (Å²) < 4.78 is 0. The van der Waals surface area contributed by atoms with Crippen LogP contribution >= 0.6 is 11.8 Å². The summed E-state index contributed by atoms with van der Waals surface area (Å²) in [6, 6.07) is 0. The van der Waals surface area contributed by atoms with Gasteiger partial charge in [0.25, 0.3) is 0 Å². The van der Waals surface area contributed by atoms with E-state index in [1.807, 2.05) is 6.08 Å². The van der Waals surface area contributed by atoms with Crippen LogP contribution in [0, 0.1) is 5.92 Å². The van der Waals surface area contributed by atoms with E-state index >= 15 is 0 Å². The third-order valence-electron chi connectivity index (χ3n) is 2.10. The fourth-order valence-electron chi connectivity index (χ4n) is 1.46. The molecule has 1 atom stereocenters. The SMILES string of the molecule is O=C1NCCSC2=CC=CCC12. The van der Waals surface area contributed by atoms with Gasteiger partial charge in [0.1, 0.15) is 0 Å². The molecule has 2 nitrogen and oxygen atoms in total. The van der Waals surface area contributed by atoms with Crippen LogP contribution in [0.5, 0.6) is 0 Å². The van der Waals surface area contributed by atoms with Crippen LogP contribution in [0.1, 0.15) is 6.42 Å². The number of hydrogen-bond donors (Lipinski definition) is 1. The average Bonchev–Trinajstić information content (AvgIpc) is 2.29. The van der Waals surface area contributed by atoms with E-state index in [1.165, 1.54) is 4.91 Å². The predicted octanol–water partition coefficient (Wildman–Crippen LogP) is 1.31. The van der Waals surface area contributed by atoms with Crippen LogP contribution in [0.15, 0.2) is 23.1 Å².